The number of fused-ring (bicyclic) bond motifs is 1. The molecule has 1 unspecified atom stereocenters. The maximum absolute atomic E-state index is 8.96. The highest BCUT2D eigenvalue weighted by Crippen LogP contribution is 2.36. The Balaban J connectivity index is 2.31. The van der Waals surface area contributed by atoms with Crippen LogP contribution in [0.15, 0.2) is 12.1 Å². The second kappa shape index (κ2) is 6.07. The highest BCUT2D eigenvalue weighted by atomic mass is 16.5. The van der Waals surface area contributed by atoms with Crippen molar-refractivity contribution in [3.8, 4) is 11.5 Å². The standard InChI is InChI=1S/C14H21NO3/c1-17-13-8-10-5-6-15-12(4-3-7-16)11(10)9-14(13)18-2/h8-9,12,15-16H,3-7H2,1-2H3. The third kappa shape index (κ3) is 2.60. The molecule has 100 valence electrons. The van der Waals surface area contributed by atoms with E-state index in [9.17, 15) is 0 Å². The van der Waals surface area contributed by atoms with E-state index in [4.69, 9.17) is 14.6 Å². The smallest absolute Gasteiger partial charge is 0.161 e. The minimum atomic E-state index is 0.237. The normalized spacial score (nSPS) is 18.3. The zero-order valence-electron chi connectivity index (χ0n) is 11.0. The summed E-state index contributed by atoms with van der Waals surface area (Å²) in [4.78, 5) is 0. The average molecular weight is 251 g/mol. The van der Waals surface area contributed by atoms with E-state index in [0.29, 0.717) is 6.04 Å². The van der Waals surface area contributed by atoms with Gasteiger partial charge in [0.15, 0.2) is 11.5 Å². The van der Waals surface area contributed by atoms with Gasteiger partial charge in [-0.3, -0.25) is 0 Å². The topological polar surface area (TPSA) is 50.7 Å². The quantitative estimate of drug-likeness (QED) is 0.835. The molecular weight excluding hydrogens is 230 g/mol. The number of methoxy groups -OCH3 is 2. The van der Waals surface area contributed by atoms with E-state index in [-0.39, 0.29) is 6.61 Å². The van der Waals surface area contributed by atoms with Crippen LogP contribution in [0.1, 0.15) is 30.0 Å². The molecular formula is C14H21NO3. The molecule has 0 radical (unpaired) electrons. The van der Waals surface area contributed by atoms with Gasteiger partial charge < -0.3 is 19.9 Å². The Hall–Kier alpha value is -1.26. The van der Waals surface area contributed by atoms with Crippen molar-refractivity contribution >= 4 is 0 Å². The third-order valence-electron chi connectivity index (χ3n) is 3.46. The largest absolute Gasteiger partial charge is 0.493 e. The molecule has 1 aliphatic heterocycles. The van der Waals surface area contributed by atoms with Gasteiger partial charge in [-0.1, -0.05) is 0 Å². The van der Waals surface area contributed by atoms with Crippen molar-refractivity contribution < 1.29 is 14.6 Å². The number of benzene rings is 1. The summed E-state index contributed by atoms with van der Waals surface area (Å²) in [7, 11) is 3.32. The van der Waals surface area contributed by atoms with Crippen LogP contribution in [-0.2, 0) is 6.42 Å². The predicted octanol–water partition coefficient (Wildman–Crippen LogP) is 1.66. The van der Waals surface area contributed by atoms with Crippen LogP contribution in [-0.4, -0.2) is 32.5 Å². The molecule has 1 aromatic rings. The van der Waals surface area contributed by atoms with E-state index in [1.165, 1.54) is 11.1 Å². The zero-order chi connectivity index (χ0) is 13.0. The lowest BCUT2D eigenvalue weighted by molar-refractivity contribution is 0.273. The first-order valence-corrected chi connectivity index (χ1v) is 6.39. The first kappa shape index (κ1) is 13.2. The molecule has 0 aromatic heterocycles. The van der Waals surface area contributed by atoms with Crippen molar-refractivity contribution in [2.24, 2.45) is 0 Å². The zero-order valence-corrected chi connectivity index (χ0v) is 11.0. The second-order valence-corrected chi connectivity index (χ2v) is 4.53. The lowest BCUT2D eigenvalue weighted by Gasteiger charge is -2.28. The van der Waals surface area contributed by atoms with E-state index >= 15 is 0 Å². The fourth-order valence-electron chi connectivity index (χ4n) is 2.52. The van der Waals surface area contributed by atoms with Crippen LogP contribution in [0.3, 0.4) is 0 Å². The van der Waals surface area contributed by atoms with Gasteiger partial charge >= 0.3 is 0 Å². The Kier molecular flexibility index (Phi) is 4.44. The summed E-state index contributed by atoms with van der Waals surface area (Å²) in [6.45, 7) is 1.21. The summed E-state index contributed by atoms with van der Waals surface area (Å²) in [5, 5.41) is 12.4. The van der Waals surface area contributed by atoms with Crippen LogP contribution in [0, 0.1) is 0 Å². The Morgan fingerprint density at radius 3 is 2.67 bits per heavy atom. The monoisotopic (exact) mass is 251 g/mol. The van der Waals surface area contributed by atoms with Gasteiger partial charge in [0.05, 0.1) is 14.2 Å². The van der Waals surface area contributed by atoms with E-state index in [1.807, 2.05) is 0 Å². The first-order chi connectivity index (χ1) is 8.80. The summed E-state index contributed by atoms with van der Waals surface area (Å²) in [6.07, 6.45) is 2.76. The lowest BCUT2D eigenvalue weighted by Crippen LogP contribution is -2.30. The van der Waals surface area contributed by atoms with E-state index in [2.05, 4.69) is 17.4 Å². The summed E-state index contributed by atoms with van der Waals surface area (Å²) in [5.74, 6) is 1.56. The fourth-order valence-corrected chi connectivity index (χ4v) is 2.52. The number of nitrogens with one attached hydrogen (secondary N) is 1. The lowest BCUT2D eigenvalue weighted by atomic mass is 9.91. The highest BCUT2D eigenvalue weighted by Gasteiger charge is 2.21. The van der Waals surface area contributed by atoms with Gasteiger partial charge in [0.2, 0.25) is 0 Å². The van der Waals surface area contributed by atoms with Crippen LogP contribution in [0.25, 0.3) is 0 Å². The van der Waals surface area contributed by atoms with E-state index < -0.39 is 0 Å². The van der Waals surface area contributed by atoms with Crippen molar-refractivity contribution in [2.45, 2.75) is 25.3 Å². The van der Waals surface area contributed by atoms with Gasteiger partial charge in [0, 0.05) is 12.6 Å². The van der Waals surface area contributed by atoms with Crippen molar-refractivity contribution in [1.29, 1.82) is 0 Å². The Morgan fingerprint density at radius 2 is 2.00 bits per heavy atom. The molecule has 18 heavy (non-hydrogen) atoms. The molecule has 1 atom stereocenters. The minimum absolute atomic E-state index is 0.237. The van der Waals surface area contributed by atoms with Gasteiger partial charge in [-0.15, -0.1) is 0 Å². The summed E-state index contributed by atoms with van der Waals surface area (Å²) in [6, 6.07) is 4.43. The first-order valence-electron chi connectivity index (χ1n) is 6.39. The number of hydrogen-bond acceptors (Lipinski definition) is 4. The maximum atomic E-state index is 8.96. The van der Waals surface area contributed by atoms with Gasteiger partial charge in [0.1, 0.15) is 0 Å². The number of aliphatic hydroxyl groups excluding tert-OH is 1. The van der Waals surface area contributed by atoms with Gasteiger partial charge in [-0.25, -0.2) is 0 Å². The van der Waals surface area contributed by atoms with Crippen LogP contribution in [0.5, 0.6) is 11.5 Å². The average Bonchev–Trinajstić information content (AvgIpc) is 2.43. The van der Waals surface area contributed by atoms with Crippen molar-refractivity contribution in [3.63, 3.8) is 0 Å². The molecule has 2 rings (SSSR count). The van der Waals surface area contributed by atoms with E-state index in [0.717, 1.165) is 37.3 Å². The number of ether oxygens (including phenoxy) is 2. The van der Waals surface area contributed by atoms with Crippen molar-refractivity contribution in [3.05, 3.63) is 23.3 Å². The third-order valence-corrected chi connectivity index (χ3v) is 3.46. The molecule has 1 aromatic carbocycles. The molecule has 1 aliphatic rings. The van der Waals surface area contributed by atoms with Gasteiger partial charge in [-0.05, 0) is 49.1 Å². The molecule has 0 aliphatic carbocycles. The fraction of sp³-hybridized carbons (Fsp3) is 0.571. The molecule has 0 amide bonds. The summed E-state index contributed by atoms with van der Waals surface area (Å²) < 4.78 is 10.7. The Labute approximate surface area is 108 Å². The molecule has 4 heteroatoms. The molecule has 0 spiro atoms. The summed E-state index contributed by atoms with van der Waals surface area (Å²) in [5.41, 5.74) is 2.58. The van der Waals surface area contributed by atoms with Gasteiger partial charge in [0.25, 0.3) is 0 Å². The van der Waals surface area contributed by atoms with Crippen LogP contribution in [0.2, 0.25) is 0 Å². The van der Waals surface area contributed by atoms with Crippen molar-refractivity contribution in [2.75, 3.05) is 27.4 Å². The predicted molar refractivity (Wildman–Crippen MR) is 70.3 cm³/mol. The van der Waals surface area contributed by atoms with Crippen LogP contribution < -0.4 is 14.8 Å². The van der Waals surface area contributed by atoms with Crippen LogP contribution in [0.4, 0.5) is 0 Å². The highest BCUT2D eigenvalue weighted by molar-refractivity contribution is 5.49. The number of hydrogen-bond donors (Lipinski definition) is 2. The number of rotatable bonds is 5. The van der Waals surface area contributed by atoms with Crippen LogP contribution >= 0.6 is 0 Å². The minimum Gasteiger partial charge on any atom is -0.493 e. The molecule has 0 bridgehead atoms. The second-order valence-electron chi connectivity index (χ2n) is 4.53. The van der Waals surface area contributed by atoms with Crippen molar-refractivity contribution in [1.82, 2.24) is 5.32 Å². The molecule has 1 heterocycles. The molecule has 4 nitrogen and oxygen atoms in total. The summed E-state index contributed by atoms with van der Waals surface area (Å²) >= 11 is 0. The molecule has 0 fully saturated rings. The number of aliphatic hydroxyl groups is 1. The SMILES string of the molecule is COc1cc2c(cc1OC)C(CCCO)NCC2. The maximum Gasteiger partial charge on any atom is 0.161 e. The van der Waals surface area contributed by atoms with Gasteiger partial charge in [-0.2, -0.15) is 0 Å². The van der Waals surface area contributed by atoms with E-state index in [1.54, 1.807) is 14.2 Å². The molecule has 0 saturated heterocycles. The molecule has 0 saturated carbocycles. The molecule has 2 N–H and O–H groups in total. The Morgan fingerprint density at radius 1 is 1.28 bits per heavy atom. The Bertz CT molecular complexity index is 406.